The summed E-state index contributed by atoms with van der Waals surface area (Å²) < 4.78 is 16.1. The number of nitrogens with two attached hydrogens (primary N) is 1. The van der Waals surface area contributed by atoms with Gasteiger partial charge < -0.3 is 24.8 Å². The smallest absolute Gasteiger partial charge is 0.191 e. The molecular weight excluding hydrogens is 421 g/mol. The first-order chi connectivity index (χ1) is 11.1. The van der Waals surface area contributed by atoms with Gasteiger partial charge in [0, 0.05) is 31.3 Å². The molecule has 0 amide bonds. The monoisotopic (exact) mass is 449 g/mol. The van der Waals surface area contributed by atoms with Crippen LogP contribution in [0.3, 0.4) is 0 Å². The molecule has 1 heterocycles. The van der Waals surface area contributed by atoms with Crippen LogP contribution in [0, 0.1) is 5.92 Å². The number of guanidine groups is 1. The van der Waals surface area contributed by atoms with Crippen LogP contribution >= 0.6 is 24.0 Å². The van der Waals surface area contributed by atoms with Gasteiger partial charge in [0.2, 0.25) is 0 Å². The number of rotatable bonds is 6. The predicted octanol–water partition coefficient (Wildman–Crippen LogP) is 2.75. The van der Waals surface area contributed by atoms with Gasteiger partial charge in [0.25, 0.3) is 0 Å². The Hall–Kier alpha value is -1.38. The first kappa shape index (κ1) is 20.7. The molecule has 6 nitrogen and oxygen atoms in total. The zero-order valence-corrected chi connectivity index (χ0v) is 17.0. The zero-order chi connectivity index (χ0) is 16.7. The van der Waals surface area contributed by atoms with Crippen LogP contribution in [0.15, 0.2) is 23.2 Å². The molecule has 0 radical (unpaired) electrons. The van der Waals surface area contributed by atoms with E-state index < -0.39 is 0 Å². The molecule has 1 unspecified atom stereocenters. The van der Waals surface area contributed by atoms with Crippen LogP contribution in [0.2, 0.25) is 0 Å². The number of halogens is 1. The Labute approximate surface area is 161 Å². The minimum absolute atomic E-state index is 0. The van der Waals surface area contributed by atoms with Crippen molar-refractivity contribution in [1.29, 1.82) is 0 Å². The molecule has 1 aromatic rings. The van der Waals surface area contributed by atoms with Crippen molar-refractivity contribution in [2.24, 2.45) is 16.6 Å². The molecule has 1 aromatic carbocycles. The first-order valence-corrected chi connectivity index (χ1v) is 8.03. The van der Waals surface area contributed by atoms with Gasteiger partial charge in [-0.25, -0.2) is 4.99 Å². The Morgan fingerprint density at radius 1 is 1.21 bits per heavy atom. The average Bonchev–Trinajstić information content (AvgIpc) is 2.58. The SMILES string of the molecule is COc1cc(OC)cc(OCCN=C(N)N2CCCC(C)C2)c1.I. The standard InChI is InChI=1S/C17H27N3O3.HI/c1-13-5-4-7-20(12-13)17(18)19-6-8-23-16-10-14(21-2)9-15(11-16)22-3;/h9-11,13H,4-8,12H2,1-3H3,(H2,18,19);1H. The molecule has 1 saturated heterocycles. The lowest BCUT2D eigenvalue weighted by Crippen LogP contribution is -2.43. The summed E-state index contributed by atoms with van der Waals surface area (Å²) >= 11 is 0. The van der Waals surface area contributed by atoms with Crippen LogP contribution in [0.4, 0.5) is 0 Å². The molecule has 1 aliphatic heterocycles. The van der Waals surface area contributed by atoms with Gasteiger partial charge in [-0.05, 0) is 18.8 Å². The van der Waals surface area contributed by atoms with Gasteiger partial charge >= 0.3 is 0 Å². The van der Waals surface area contributed by atoms with Crippen molar-refractivity contribution < 1.29 is 14.2 Å². The second-order valence-electron chi connectivity index (χ2n) is 5.83. The van der Waals surface area contributed by atoms with E-state index in [1.54, 1.807) is 20.3 Å². The topological polar surface area (TPSA) is 69.3 Å². The number of nitrogens with zero attached hydrogens (tertiary/aromatic N) is 2. The normalized spacial score (nSPS) is 17.9. The number of hydrogen-bond acceptors (Lipinski definition) is 4. The largest absolute Gasteiger partial charge is 0.496 e. The lowest BCUT2D eigenvalue weighted by molar-refractivity contribution is 0.269. The quantitative estimate of drug-likeness (QED) is 0.313. The third-order valence-electron chi connectivity index (χ3n) is 3.94. The van der Waals surface area contributed by atoms with Gasteiger partial charge in [0.15, 0.2) is 5.96 Å². The Morgan fingerprint density at radius 2 is 1.83 bits per heavy atom. The molecule has 0 aromatic heterocycles. The van der Waals surface area contributed by atoms with E-state index in [-0.39, 0.29) is 24.0 Å². The van der Waals surface area contributed by atoms with Crippen LogP contribution < -0.4 is 19.9 Å². The average molecular weight is 449 g/mol. The van der Waals surface area contributed by atoms with Gasteiger partial charge in [-0.3, -0.25) is 0 Å². The molecule has 0 spiro atoms. The highest BCUT2D eigenvalue weighted by Gasteiger charge is 2.17. The van der Waals surface area contributed by atoms with Crippen LogP contribution in [0.25, 0.3) is 0 Å². The van der Waals surface area contributed by atoms with Gasteiger partial charge in [-0.15, -0.1) is 24.0 Å². The summed E-state index contributed by atoms with van der Waals surface area (Å²) in [7, 11) is 3.23. The molecule has 0 aliphatic carbocycles. The van der Waals surface area contributed by atoms with Crippen molar-refractivity contribution in [3.8, 4) is 17.2 Å². The number of benzene rings is 1. The lowest BCUT2D eigenvalue weighted by Gasteiger charge is -2.31. The molecule has 24 heavy (non-hydrogen) atoms. The summed E-state index contributed by atoms with van der Waals surface area (Å²) in [5.41, 5.74) is 6.06. The van der Waals surface area contributed by atoms with Crippen LogP contribution in [-0.4, -0.2) is 51.3 Å². The van der Waals surface area contributed by atoms with Gasteiger partial charge in [-0.1, -0.05) is 6.92 Å². The molecule has 1 aliphatic rings. The number of methoxy groups -OCH3 is 2. The van der Waals surface area contributed by atoms with E-state index in [9.17, 15) is 0 Å². The summed E-state index contributed by atoms with van der Waals surface area (Å²) in [5, 5.41) is 0. The number of ether oxygens (including phenoxy) is 3. The summed E-state index contributed by atoms with van der Waals surface area (Å²) in [4.78, 5) is 6.57. The summed E-state index contributed by atoms with van der Waals surface area (Å²) in [6.07, 6.45) is 2.45. The van der Waals surface area contributed by atoms with Gasteiger partial charge in [0.1, 0.15) is 23.9 Å². The second kappa shape index (κ2) is 10.5. The molecule has 0 bridgehead atoms. The Balaban J connectivity index is 0.00000288. The maximum atomic E-state index is 6.06. The highest BCUT2D eigenvalue weighted by atomic mass is 127. The molecule has 136 valence electrons. The number of aliphatic imine (C=N–C) groups is 1. The van der Waals surface area contributed by atoms with Crippen molar-refractivity contribution in [3.63, 3.8) is 0 Å². The van der Waals surface area contributed by atoms with E-state index in [2.05, 4.69) is 16.8 Å². The molecule has 1 fully saturated rings. The van der Waals surface area contributed by atoms with Crippen molar-refractivity contribution >= 4 is 29.9 Å². The fraction of sp³-hybridized carbons (Fsp3) is 0.588. The minimum Gasteiger partial charge on any atom is -0.496 e. The van der Waals surface area contributed by atoms with Crippen molar-refractivity contribution in [2.75, 3.05) is 40.5 Å². The molecule has 2 N–H and O–H groups in total. The fourth-order valence-electron chi connectivity index (χ4n) is 2.69. The zero-order valence-electron chi connectivity index (χ0n) is 14.7. The maximum absolute atomic E-state index is 6.06. The van der Waals surface area contributed by atoms with E-state index >= 15 is 0 Å². The molecule has 7 heteroatoms. The highest BCUT2D eigenvalue weighted by Crippen LogP contribution is 2.27. The van der Waals surface area contributed by atoms with Crippen LogP contribution in [0.5, 0.6) is 17.2 Å². The van der Waals surface area contributed by atoms with E-state index in [0.717, 1.165) is 13.1 Å². The summed E-state index contributed by atoms with van der Waals surface area (Å²) in [6.45, 7) is 5.21. The summed E-state index contributed by atoms with van der Waals surface area (Å²) in [5.74, 6) is 3.39. The summed E-state index contributed by atoms with van der Waals surface area (Å²) in [6, 6.07) is 5.45. The van der Waals surface area contributed by atoms with E-state index in [1.165, 1.54) is 12.8 Å². The predicted molar refractivity (Wildman–Crippen MR) is 107 cm³/mol. The molecule has 0 saturated carbocycles. The molecular formula is C17H28IN3O3. The number of piperidine rings is 1. The fourth-order valence-corrected chi connectivity index (χ4v) is 2.69. The number of likely N-dealkylation sites (tertiary alicyclic amines) is 1. The van der Waals surface area contributed by atoms with E-state index in [1.807, 2.05) is 12.1 Å². The maximum Gasteiger partial charge on any atom is 0.191 e. The molecule has 2 rings (SSSR count). The molecule has 1 atom stereocenters. The van der Waals surface area contributed by atoms with E-state index in [0.29, 0.717) is 42.3 Å². The Bertz CT molecular complexity index is 518. The third kappa shape index (κ3) is 6.26. The van der Waals surface area contributed by atoms with Crippen molar-refractivity contribution in [1.82, 2.24) is 4.90 Å². The van der Waals surface area contributed by atoms with Crippen molar-refractivity contribution in [3.05, 3.63) is 18.2 Å². The number of hydrogen-bond donors (Lipinski definition) is 1. The van der Waals surface area contributed by atoms with Crippen LogP contribution in [-0.2, 0) is 0 Å². The van der Waals surface area contributed by atoms with Crippen LogP contribution in [0.1, 0.15) is 19.8 Å². The van der Waals surface area contributed by atoms with Crippen molar-refractivity contribution in [2.45, 2.75) is 19.8 Å². The second-order valence-corrected chi connectivity index (χ2v) is 5.83. The van der Waals surface area contributed by atoms with E-state index in [4.69, 9.17) is 19.9 Å². The Morgan fingerprint density at radius 3 is 2.42 bits per heavy atom. The highest BCUT2D eigenvalue weighted by molar-refractivity contribution is 14.0. The van der Waals surface area contributed by atoms with Gasteiger partial charge in [0.05, 0.1) is 20.8 Å². The van der Waals surface area contributed by atoms with Gasteiger partial charge in [-0.2, -0.15) is 0 Å². The third-order valence-corrected chi connectivity index (χ3v) is 3.94. The first-order valence-electron chi connectivity index (χ1n) is 8.03. The lowest BCUT2D eigenvalue weighted by atomic mass is 10.0. The Kier molecular flexibility index (Phi) is 9.02. The minimum atomic E-state index is 0.